The molecular weight excluding hydrogens is 602 g/mol. The molecule has 3 aromatic carbocycles. The second kappa shape index (κ2) is 13.1. The normalized spacial score (nSPS) is 12.5. The zero-order valence-corrected chi connectivity index (χ0v) is 24.7. The van der Waals surface area contributed by atoms with Crippen LogP contribution in [0, 0.1) is 6.92 Å². The summed E-state index contributed by atoms with van der Waals surface area (Å²) in [7, 11) is -3.13. The topological polar surface area (TPSA) is 86.8 Å². The maximum Gasteiger partial charge on any atom is 0.416 e. The van der Waals surface area contributed by atoms with Gasteiger partial charge in [-0.25, -0.2) is 8.42 Å². The number of sulfonamides is 1. The fraction of sp³-hybridized carbons (Fsp3) is 0.286. The SMILES string of the molecule is CC[C@@H](C(=O)NC)N(Cc1ccc(Cl)c(Cl)c1)C(=O)CN(c1cccc(C(F)(F)F)c1)S(=O)(=O)c1ccc(C)cc1. The van der Waals surface area contributed by atoms with Gasteiger partial charge in [0.15, 0.2) is 0 Å². The summed E-state index contributed by atoms with van der Waals surface area (Å²) < 4.78 is 68.9. The zero-order valence-electron chi connectivity index (χ0n) is 22.4. The van der Waals surface area contributed by atoms with Crippen molar-refractivity contribution in [3.8, 4) is 0 Å². The van der Waals surface area contributed by atoms with E-state index in [0.29, 0.717) is 15.9 Å². The quantitative estimate of drug-likeness (QED) is 0.295. The maximum atomic E-state index is 13.9. The van der Waals surface area contributed by atoms with Gasteiger partial charge in [0.2, 0.25) is 11.8 Å². The van der Waals surface area contributed by atoms with Crippen LogP contribution in [-0.4, -0.2) is 44.8 Å². The standard InChI is InChI=1S/C28H28Cl2F3N3O4S/c1-4-25(27(38)34-3)35(16-19-10-13-23(29)24(30)14-19)26(37)17-36(21-7-5-6-20(15-21)28(31,32)33)41(39,40)22-11-8-18(2)9-12-22/h5-15,25H,4,16-17H2,1-3H3,(H,34,38)/t25-/m0/s1. The summed E-state index contributed by atoms with van der Waals surface area (Å²) >= 11 is 12.2. The monoisotopic (exact) mass is 629 g/mol. The highest BCUT2D eigenvalue weighted by atomic mass is 35.5. The first-order chi connectivity index (χ1) is 19.2. The zero-order chi connectivity index (χ0) is 30.5. The summed E-state index contributed by atoms with van der Waals surface area (Å²) in [6.45, 7) is 2.38. The number of hydrogen-bond acceptors (Lipinski definition) is 4. The van der Waals surface area contributed by atoms with Crippen molar-refractivity contribution in [2.75, 3.05) is 17.9 Å². The summed E-state index contributed by atoms with van der Waals surface area (Å²) in [5.41, 5.74) is -0.191. The van der Waals surface area contributed by atoms with E-state index in [2.05, 4.69) is 5.32 Å². The minimum absolute atomic E-state index is 0.150. The fourth-order valence-corrected chi connectivity index (χ4v) is 5.85. The van der Waals surface area contributed by atoms with E-state index in [0.717, 1.165) is 17.7 Å². The van der Waals surface area contributed by atoms with Crippen LogP contribution < -0.4 is 9.62 Å². The molecule has 3 aromatic rings. The number of alkyl halides is 3. The third kappa shape index (κ3) is 7.72. The van der Waals surface area contributed by atoms with Crippen molar-refractivity contribution in [1.29, 1.82) is 0 Å². The molecule has 0 bridgehead atoms. The van der Waals surface area contributed by atoms with E-state index in [9.17, 15) is 31.2 Å². The molecule has 0 fully saturated rings. The van der Waals surface area contributed by atoms with E-state index in [1.165, 1.54) is 54.4 Å². The number of anilines is 1. The molecule has 0 saturated heterocycles. The van der Waals surface area contributed by atoms with E-state index in [1.54, 1.807) is 19.9 Å². The van der Waals surface area contributed by atoms with Gasteiger partial charge in [-0.1, -0.05) is 60.0 Å². The minimum Gasteiger partial charge on any atom is -0.357 e. The maximum absolute atomic E-state index is 13.9. The lowest BCUT2D eigenvalue weighted by molar-refractivity contribution is -0.140. The lowest BCUT2D eigenvalue weighted by atomic mass is 10.1. The predicted octanol–water partition coefficient (Wildman–Crippen LogP) is 6.07. The van der Waals surface area contributed by atoms with Crippen LogP contribution in [0.1, 0.15) is 30.0 Å². The Morgan fingerprint density at radius 1 is 0.976 bits per heavy atom. The molecule has 0 heterocycles. The molecule has 3 rings (SSSR count). The Labute approximate surface area is 246 Å². The number of carbonyl (C=O) groups excluding carboxylic acids is 2. The number of nitrogens with zero attached hydrogens (tertiary/aromatic N) is 2. The van der Waals surface area contributed by atoms with Gasteiger partial charge in [0.25, 0.3) is 10.0 Å². The number of carbonyl (C=O) groups is 2. The molecule has 13 heteroatoms. The number of hydrogen-bond donors (Lipinski definition) is 1. The summed E-state index contributed by atoms with van der Waals surface area (Å²) in [6, 6.07) is 13.0. The van der Waals surface area contributed by atoms with Crippen LogP contribution in [0.5, 0.6) is 0 Å². The number of nitrogens with one attached hydrogen (secondary N) is 1. The van der Waals surface area contributed by atoms with Crippen molar-refractivity contribution in [3.05, 3.63) is 93.5 Å². The van der Waals surface area contributed by atoms with Crippen molar-refractivity contribution in [2.45, 2.75) is 43.9 Å². The molecular formula is C28H28Cl2F3N3O4S. The van der Waals surface area contributed by atoms with Gasteiger partial charge in [-0.2, -0.15) is 13.2 Å². The van der Waals surface area contributed by atoms with Crippen LogP contribution >= 0.6 is 23.2 Å². The van der Waals surface area contributed by atoms with Gasteiger partial charge in [0.1, 0.15) is 12.6 Å². The van der Waals surface area contributed by atoms with Crippen molar-refractivity contribution in [3.63, 3.8) is 0 Å². The first-order valence-electron chi connectivity index (χ1n) is 12.4. The van der Waals surface area contributed by atoms with Crippen LogP contribution in [0.2, 0.25) is 10.0 Å². The number of likely N-dealkylation sites (N-methyl/N-ethyl adjacent to an activating group) is 1. The number of aryl methyl sites for hydroxylation is 1. The summed E-state index contributed by atoms with van der Waals surface area (Å²) in [6.07, 6.45) is -4.59. The fourth-order valence-electron chi connectivity index (χ4n) is 4.12. The molecule has 2 amide bonds. The van der Waals surface area contributed by atoms with E-state index in [4.69, 9.17) is 23.2 Å². The molecule has 0 aliphatic carbocycles. The average molecular weight is 631 g/mol. The van der Waals surface area contributed by atoms with Gasteiger partial charge in [0, 0.05) is 13.6 Å². The smallest absolute Gasteiger partial charge is 0.357 e. The summed E-state index contributed by atoms with van der Waals surface area (Å²) in [5, 5.41) is 2.97. The predicted molar refractivity (Wildman–Crippen MR) is 152 cm³/mol. The van der Waals surface area contributed by atoms with Crippen LogP contribution in [0.4, 0.5) is 18.9 Å². The van der Waals surface area contributed by atoms with E-state index in [-0.39, 0.29) is 33.6 Å². The molecule has 41 heavy (non-hydrogen) atoms. The number of amides is 2. The molecule has 0 saturated carbocycles. The molecule has 0 aliphatic heterocycles. The molecule has 0 aromatic heterocycles. The number of halogens is 5. The van der Waals surface area contributed by atoms with Gasteiger partial charge in [0.05, 0.1) is 26.2 Å². The molecule has 7 nitrogen and oxygen atoms in total. The average Bonchev–Trinajstić information content (AvgIpc) is 2.93. The minimum atomic E-state index is -4.76. The number of rotatable bonds is 10. The second-order valence-corrected chi connectivity index (χ2v) is 11.9. The molecule has 0 spiro atoms. The molecule has 0 aliphatic rings. The van der Waals surface area contributed by atoms with Crippen molar-refractivity contribution < 1.29 is 31.2 Å². The lowest BCUT2D eigenvalue weighted by Gasteiger charge is -2.33. The van der Waals surface area contributed by atoms with Gasteiger partial charge in [-0.15, -0.1) is 0 Å². The summed E-state index contributed by atoms with van der Waals surface area (Å²) in [4.78, 5) is 27.6. The Morgan fingerprint density at radius 3 is 2.20 bits per heavy atom. The highest BCUT2D eigenvalue weighted by Crippen LogP contribution is 2.33. The molecule has 1 atom stereocenters. The van der Waals surface area contributed by atoms with Crippen LogP contribution in [0.25, 0.3) is 0 Å². The van der Waals surface area contributed by atoms with Crippen LogP contribution in [-0.2, 0) is 32.3 Å². The highest BCUT2D eigenvalue weighted by Gasteiger charge is 2.35. The molecule has 1 N–H and O–H groups in total. The molecule has 220 valence electrons. The first-order valence-corrected chi connectivity index (χ1v) is 14.6. The van der Waals surface area contributed by atoms with Crippen molar-refractivity contribution in [1.82, 2.24) is 10.2 Å². The van der Waals surface area contributed by atoms with Crippen LogP contribution in [0.15, 0.2) is 71.6 Å². The Hall–Kier alpha value is -3.28. The van der Waals surface area contributed by atoms with E-state index in [1.807, 2.05) is 0 Å². The van der Waals surface area contributed by atoms with E-state index >= 15 is 0 Å². The Bertz CT molecular complexity index is 1520. The van der Waals surface area contributed by atoms with Crippen molar-refractivity contribution in [2.24, 2.45) is 0 Å². The van der Waals surface area contributed by atoms with E-state index < -0.39 is 46.2 Å². The van der Waals surface area contributed by atoms with Crippen molar-refractivity contribution >= 4 is 50.7 Å². The van der Waals surface area contributed by atoms with Gasteiger partial charge in [-0.3, -0.25) is 13.9 Å². The molecule has 0 radical (unpaired) electrons. The number of benzene rings is 3. The van der Waals surface area contributed by atoms with Gasteiger partial charge >= 0.3 is 6.18 Å². The third-order valence-electron chi connectivity index (χ3n) is 6.32. The van der Waals surface area contributed by atoms with Crippen LogP contribution in [0.3, 0.4) is 0 Å². The third-order valence-corrected chi connectivity index (χ3v) is 8.85. The van der Waals surface area contributed by atoms with Gasteiger partial charge in [-0.05, 0) is 61.4 Å². The highest BCUT2D eigenvalue weighted by molar-refractivity contribution is 7.92. The lowest BCUT2D eigenvalue weighted by Crippen LogP contribution is -2.51. The van der Waals surface area contributed by atoms with Gasteiger partial charge < -0.3 is 10.2 Å². The molecule has 0 unspecified atom stereocenters. The Balaban J connectivity index is 2.13. The Kier molecular flexibility index (Phi) is 10.3. The summed E-state index contributed by atoms with van der Waals surface area (Å²) in [5.74, 6) is -1.33. The Morgan fingerprint density at radius 2 is 1.63 bits per heavy atom. The second-order valence-electron chi connectivity index (χ2n) is 9.18. The first kappa shape index (κ1) is 32.2. The largest absolute Gasteiger partial charge is 0.416 e.